The minimum Gasteiger partial charge on any atom is -0.475 e. The third-order valence-corrected chi connectivity index (χ3v) is 1.74. The molecule has 2 aromatic rings. The minimum absolute atomic E-state index is 0.201. The molecule has 0 aliphatic heterocycles. The lowest BCUT2D eigenvalue weighted by atomic mass is 10.3. The van der Waals surface area contributed by atoms with Gasteiger partial charge in [-0.3, -0.25) is 0 Å². The second kappa shape index (κ2) is 3.49. The minimum atomic E-state index is -1.15. The first kappa shape index (κ1) is 9.32. The van der Waals surface area contributed by atoms with Gasteiger partial charge >= 0.3 is 5.97 Å². The number of nitrogens with zero attached hydrogens (tertiary/aromatic N) is 3. The first-order chi connectivity index (χ1) is 7.16. The molecule has 0 amide bonds. The van der Waals surface area contributed by atoms with Crippen molar-refractivity contribution in [2.24, 2.45) is 0 Å². The number of hydrogen-bond acceptors (Lipinski definition) is 5. The maximum atomic E-state index is 10.5. The molecule has 2 rings (SSSR count). The Balaban J connectivity index is 2.37. The molecule has 0 unspecified atom stereocenters. The lowest BCUT2D eigenvalue weighted by Crippen LogP contribution is -1.91. The van der Waals surface area contributed by atoms with E-state index in [9.17, 15) is 4.79 Å². The second-order valence-corrected chi connectivity index (χ2v) is 2.85. The van der Waals surface area contributed by atoms with Gasteiger partial charge in [0.15, 0.2) is 0 Å². The average Bonchev–Trinajstić information content (AvgIpc) is 2.68. The molecule has 0 fully saturated rings. The van der Waals surface area contributed by atoms with Crippen LogP contribution in [0, 0.1) is 6.92 Å². The van der Waals surface area contributed by atoms with Crippen molar-refractivity contribution >= 4 is 5.97 Å². The Morgan fingerprint density at radius 3 is 2.47 bits per heavy atom. The highest BCUT2D eigenvalue weighted by Gasteiger charge is 2.12. The molecule has 2 heterocycles. The molecule has 2 aromatic heterocycles. The van der Waals surface area contributed by atoms with Crippen LogP contribution in [0.5, 0.6) is 0 Å². The molecule has 6 nitrogen and oxygen atoms in total. The van der Waals surface area contributed by atoms with Crippen LogP contribution in [0.15, 0.2) is 23.0 Å². The topological polar surface area (TPSA) is 89.1 Å². The van der Waals surface area contributed by atoms with E-state index >= 15 is 0 Å². The predicted octanol–water partition coefficient (Wildman–Crippen LogP) is 1.14. The second-order valence-electron chi connectivity index (χ2n) is 2.85. The first-order valence-corrected chi connectivity index (χ1v) is 4.15. The molecule has 0 atom stereocenters. The van der Waals surface area contributed by atoms with Crippen LogP contribution in [0.4, 0.5) is 0 Å². The summed E-state index contributed by atoms with van der Waals surface area (Å²) in [7, 11) is 0. The molecule has 0 radical (unpaired) electrons. The molecule has 0 bridgehead atoms. The summed E-state index contributed by atoms with van der Waals surface area (Å²) in [4.78, 5) is 22.2. The number of carbonyl (C=O) groups is 1. The van der Waals surface area contributed by atoms with E-state index in [1.807, 2.05) is 0 Å². The van der Waals surface area contributed by atoms with E-state index in [2.05, 4.69) is 15.0 Å². The van der Waals surface area contributed by atoms with E-state index < -0.39 is 5.97 Å². The van der Waals surface area contributed by atoms with Crippen molar-refractivity contribution in [2.45, 2.75) is 6.92 Å². The standard InChI is InChI=1S/C9H7N3O3/c1-5-10-2-6(3-11-5)8-12-4-7(15-8)9(13)14/h2-4H,1H3,(H,13,14). The molecule has 0 aliphatic rings. The van der Waals surface area contributed by atoms with Crippen LogP contribution in [0.25, 0.3) is 11.5 Å². The van der Waals surface area contributed by atoms with E-state index in [-0.39, 0.29) is 11.7 Å². The maximum Gasteiger partial charge on any atom is 0.373 e. The van der Waals surface area contributed by atoms with Crippen LogP contribution in [0.3, 0.4) is 0 Å². The number of carboxylic acid groups (broad SMARTS) is 1. The van der Waals surface area contributed by atoms with Gasteiger partial charge in [0.05, 0.1) is 11.8 Å². The number of oxazole rings is 1. The summed E-state index contributed by atoms with van der Waals surface area (Å²) < 4.78 is 4.98. The van der Waals surface area contributed by atoms with Crippen molar-refractivity contribution in [3.05, 3.63) is 30.2 Å². The normalized spacial score (nSPS) is 10.2. The summed E-state index contributed by atoms with van der Waals surface area (Å²) >= 11 is 0. The Bertz CT molecular complexity index is 490. The lowest BCUT2D eigenvalue weighted by molar-refractivity contribution is 0.0663. The summed E-state index contributed by atoms with van der Waals surface area (Å²) in [5, 5.41) is 8.62. The van der Waals surface area contributed by atoms with E-state index in [0.29, 0.717) is 11.4 Å². The molecule has 0 saturated carbocycles. The predicted molar refractivity (Wildman–Crippen MR) is 49.2 cm³/mol. The SMILES string of the molecule is Cc1ncc(-c2ncc(C(=O)O)o2)cn1. The summed E-state index contributed by atoms with van der Waals surface area (Å²) in [6.07, 6.45) is 4.21. The lowest BCUT2D eigenvalue weighted by Gasteiger charge is -1.94. The van der Waals surface area contributed by atoms with Gasteiger partial charge in [0.1, 0.15) is 5.82 Å². The number of aryl methyl sites for hydroxylation is 1. The summed E-state index contributed by atoms with van der Waals surface area (Å²) in [5.74, 6) is -0.525. The number of aromatic nitrogens is 3. The van der Waals surface area contributed by atoms with Gasteiger partial charge in [-0.05, 0) is 6.92 Å². The van der Waals surface area contributed by atoms with Gasteiger partial charge in [-0.15, -0.1) is 0 Å². The van der Waals surface area contributed by atoms with Crippen LogP contribution < -0.4 is 0 Å². The zero-order chi connectivity index (χ0) is 10.8. The Morgan fingerprint density at radius 2 is 1.93 bits per heavy atom. The average molecular weight is 205 g/mol. The summed E-state index contributed by atoms with van der Waals surface area (Å²) in [6.45, 7) is 1.75. The van der Waals surface area contributed by atoms with Gasteiger partial charge in [-0.2, -0.15) is 0 Å². The van der Waals surface area contributed by atoms with Crippen molar-refractivity contribution in [2.75, 3.05) is 0 Å². The van der Waals surface area contributed by atoms with Gasteiger partial charge in [0.2, 0.25) is 11.7 Å². The van der Waals surface area contributed by atoms with Crippen molar-refractivity contribution in [3.63, 3.8) is 0 Å². The van der Waals surface area contributed by atoms with Gasteiger partial charge in [0.25, 0.3) is 0 Å². The largest absolute Gasteiger partial charge is 0.475 e. The molecule has 0 saturated heterocycles. The van der Waals surface area contributed by atoms with Gasteiger partial charge in [0, 0.05) is 12.4 Å². The number of aromatic carboxylic acids is 1. The number of rotatable bonds is 2. The van der Waals surface area contributed by atoms with Crippen LogP contribution in [0.1, 0.15) is 16.4 Å². The zero-order valence-corrected chi connectivity index (χ0v) is 7.84. The van der Waals surface area contributed by atoms with Crippen LogP contribution in [-0.4, -0.2) is 26.0 Å². The first-order valence-electron chi connectivity index (χ1n) is 4.15. The molecule has 0 aromatic carbocycles. The van der Waals surface area contributed by atoms with Crippen molar-refractivity contribution in [1.29, 1.82) is 0 Å². The van der Waals surface area contributed by atoms with Gasteiger partial charge < -0.3 is 9.52 Å². The quantitative estimate of drug-likeness (QED) is 0.790. The fourth-order valence-electron chi connectivity index (χ4n) is 1.01. The Morgan fingerprint density at radius 1 is 1.27 bits per heavy atom. The van der Waals surface area contributed by atoms with Gasteiger partial charge in [-0.25, -0.2) is 19.7 Å². The third-order valence-electron chi connectivity index (χ3n) is 1.74. The zero-order valence-electron chi connectivity index (χ0n) is 7.84. The van der Waals surface area contributed by atoms with E-state index in [1.54, 1.807) is 6.92 Å². The van der Waals surface area contributed by atoms with Crippen LogP contribution in [0.2, 0.25) is 0 Å². The molecule has 76 valence electrons. The molecular formula is C9H7N3O3. The molecule has 0 aliphatic carbocycles. The highest BCUT2D eigenvalue weighted by atomic mass is 16.4. The van der Waals surface area contributed by atoms with Crippen molar-refractivity contribution < 1.29 is 14.3 Å². The number of hydrogen-bond donors (Lipinski definition) is 1. The fourth-order valence-corrected chi connectivity index (χ4v) is 1.01. The highest BCUT2D eigenvalue weighted by Crippen LogP contribution is 2.16. The Hall–Kier alpha value is -2.24. The maximum absolute atomic E-state index is 10.5. The Labute approximate surface area is 84.6 Å². The summed E-state index contributed by atoms with van der Waals surface area (Å²) in [6, 6.07) is 0. The molecule has 6 heteroatoms. The smallest absolute Gasteiger partial charge is 0.373 e. The van der Waals surface area contributed by atoms with Gasteiger partial charge in [-0.1, -0.05) is 0 Å². The molecular weight excluding hydrogens is 198 g/mol. The van der Waals surface area contributed by atoms with Crippen LogP contribution >= 0.6 is 0 Å². The molecule has 15 heavy (non-hydrogen) atoms. The van der Waals surface area contributed by atoms with E-state index in [1.165, 1.54) is 12.4 Å². The van der Waals surface area contributed by atoms with Crippen molar-refractivity contribution in [1.82, 2.24) is 15.0 Å². The third kappa shape index (κ3) is 1.83. The van der Waals surface area contributed by atoms with E-state index in [0.717, 1.165) is 6.20 Å². The Kier molecular flexibility index (Phi) is 2.17. The van der Waals surface area contributed by atoms with E-state index in [4.69, 9.17) is 9.52 Å². The summed E-state index contributed by atoms with van der Waals surface area (Å²) in [5.41, 5.74) is 0.549. The molecule has 0 spiro atoms. The fraction of sp³-hybridized carbons (Fsp3) is 0.111. The molecule has 1 N–H and O–H groups in total. The van der Waals surface area contributed by atoms with Crippen LogP contribution in [-0.2, 0) is 0 Å². The highest BCUT2D eigenvalue weighted by molar-refractivity contribution is 5.84. The number of carboxylic acids is 1. The monoisotopic (exact) mass is 205 g/mol. The van der Waals surface area contributed by atoms with Crippen molar-refractivity contribution in [3.8, 4) is 11.5 Å².